The van der Waals surface area contributed by atoms with Crippen molar-refractivity contribution in [2.45, 2.75) is 32.2 Å². The first-order chi connectivity index (χ1) is 16.2. The number of aromatic nitrogens is 6. The SMILES string of the molecule is Cc1nc(CN2CCC(c3cc(-c4cccc5cnn(C)c45)n[nH]3)CC2)nc2ccccc12. The van der Waals surface area contributed by atoms with Crippen LogP contribution in [0.15, 0.2) is 54.7 Å². The van der Waals surface area contributed by atoms with Crippen molar-refractivity contribution in [1.29, 1.82) is 0 Å². The Bertz CT molecular complexity index is 1440. The summed E-state index contributed by atoms with van der Waals surface area (Å²) in [6.45, 7) is 4.94. The molecular weight excluding hydrogens is 410 g/mol. The molecule has 1 aliphatic heterocycles. The zero-order chi connectivity index (χ0) is 22.4. The van der Waals surface area contributed by atoms with E-state index in [9.17, 15) is 0 Å². The summed E-state index contributed by atoms with van der Waals surface area (Å²) in [7, 11) is 1.98. The molecule has 1 N–H and O–H groups in total. The number of piperidine rings is 1. The molecular formula is C26H27N7. The molecule has 0 unspecified atom stereocenters. The Morgan fingerprint density at radius 3 is 2.76 bits per heavy atom. The number of nitrogens with zero attached hydrogens (tertiary/aromatic N) is 6. The van der Waals surface area contributed by atoms with Gasteiger partial charge in [-0.2, -0.15) is 10.2 Å². The van der Waals surface area contributed by atoms with Gasteiger partial charge in [-0.05, 0) is 45.0 Å². The molecule has 6 rings (SSSR count). The van der Waals surface area contributed by atoms with Gasteiger partial charge in [-0.25, -0.2) is 9.97 Å². The van der Waals surface area contributed by atoms with Crippen LogP contribution in [0.3, 0.4) is 0 Å². The van der Waals surface area contributed by atoms with Crippen LogP contribution in [0.5, 0.6) is 0 Å². The highest BCUT2D eigenvalue weighted by Crippen LogP contribution is 2.32. The summed E-state index contributed by atoms with van der Waals surface area (Å²) in [5.74, 6) is 1.41. The first-order valence-corrected chi connectivity index (χ1v) is 11.6. The molecule has 1 saturated heterocycles. The lowest BCUT2D eigenvalue weighted by Gasteiger charge is -2.30. The molecule has 0 atom stereocenters. The number of nitrogens with one attached hydrogen (secondary N) is 1. The summed E-state index contributed by atoms with van der Waals surface area (Å²) in [6.07, 6.45) is 4.11. The molecule has 33 heavy (non-hydrogen) atoms. The monoisotopic (exact) mass is 437 g/mol. The minimum absolute atomic E-state index is 0.493. The number of likely N-dealkylation sites (tertiary alicyclic amines) is 1. The van der Waals surface area contributed by atoms with E-state index in [0.29, 0.717) is 5.92 Å². The van der Waals surface area contributed by atoms with Gasteiger partial charge in [0.05, 0.1) is 29.5 Å². The van der Waals surface area contributed by atoms with Crippen molar-refractivity contribution >= 4 is 21.8 Å². The second-order valence-corrected chi connectivity index (χ2v) is 9.01. The third-order valence-corrected chi connectivity index (χ3v) is 6.87. The fraction of sp³-hybridized carbons (Fsp3) is 0.308. The van der Waals surface area contributed by atoms with Crippen LogP contribution in [0.2, 0.25) is 0 Å². The summed E-state index contributed by atoms with van der Waals surface area (Å²) in [5, 5.41) is 14.7. The topological polar surface area (TPSA) is 75.5 Å². The molecule has 0 aliphatic carbocycles. The van der Waals surface area contributed by atoms with E-state index in [0.717, 1.165) is 77.1 Å². The first kappa shape index (κ1) is 20.1. The molecule has 0 radical (unpaired) electrons. The standard InChI is InChI=1S/C26H27N7/c1-17-20-7-3-4-9-22(20)29-25(28-17)16-33-12-10-18(11-13-33)23-14-24(31-30-23)21-8-5-6-19-15-27-32(2)26(19)21/h3-9,14-15,18H,10-13,16H2,1-2H3,(H,30,31). The van der Waals surface area contributed by atoms with E-state index in [1.165, 1.54) is 5.69 Å². The number of para-hydroxylation sites is 2. The highest BCUT2D eigenvalue weighted by Gasteiger charge is 2.23. The van der Waals surface area contributed by atoms with Crippen molar-refractivity contribution < 1.29 is 0 Å². The molecule has 7 heteroatoms. The Labute approximate surface area is 192 Å². The Morgan fingerprint density at radius 2 is 1.88 bits per heavy atom. The average molecular weight is 438 g/mol. The highest BCUT2D eigenvalue weighted by molar-refractivity contribution is 5.92. The molecule has 1 aliphatic rings. The zero-order valence-electron chi connectivity index (χ0n) is 19.0. The number of rotatable bonds is 4. The molecule has 0 bridgehead atoms. The Hall–Kier alpha value is -3.58. The Balaban J connectivity index is 1.15. The van der Waals surface area contributed by atoms with Crippen LogP contribution in [0.25, 0.3) is 33.1 Å². The molecule has 2 aromatic carbocycles. The summed E-state index contributed by atoms with van der Waals surface area (Å²) >= 11 is 0. The van der Waals surface area contributed by atoms with Crippen LogP contribution in [0.1, 0.15) is 36.0 Å². The van der Waals surface area contributed by atoms with Gasteiger partial charge >= 0.3 is 0 Å². The third-order valence-electron chi connectivity index (χ3n) is 6.87. The molecule has 3 aromatic heterocycles. The van der Waals surface area contributed by atoms with E-state index >= 15 is 0 Å². The minimum atomic E-state index is 0.493. The number of hydrogen-bond donors (Lipinski definition) is 1. The van der Waals surface area contributed by atoms with Gasteiger partial charge in [0.25, 0.3) is 0 Å². The van der Waals surface area contributed by atoms with Gasteiger partial charge in [0, 0.05) is 40.7 Å². The Morgan fingerprint density at radius 1 is 1.03 bits per heavy atom. The molecule has 7 nitrogen and oxygen atoms in total. The second-order valence-electron chi connectivity index (χ2n) is 9.01. The van der Waals surface area contributed by atoms with Gasteiger partial charge in [-0.3, -0.25) is 14.7 Å². The normalized spacial score (nSPS) is 15.6. The van der Waals surface area contributed by atoms with Crippen molar-refractivity contribution in [3.63, 3.8) is 0 Å². The van der Waals surface area contributed by atoms with Crippen LogP contribution >= 0.6 is 0 Å². The summed E-state index contributed by atoms with van der Waals surface area (Å²) in [5.41, 5.74) is 6.54. The minimum Gasteiger partial charge on any atom is -0.296 e. The largest absolute Gasteiger partial charge is 0.296 e. The molecule has 166 valence electrons. The van der Waals surface area contributed by atoms with Crippen molar-refractivity contribution in [3.8, 4) is 11.3 Å². The lowest BCUT2D eigenvalue weighted by atomic mass is 9.93. The fourth-order valence-electron chi connectivity index (χ4n) is 5.09. The first-order valence-electron chi connectivity index (χ1n) is 11.6. The molecule has 0 amide bonds. The number of H-pyrrole nitrogens is 1. The molecule has 1 fully saturated rings. The third kappa shape index (κ3) is 3.68. The van der Waals surface area contributed by atoms with E-state index in [4.69, 9.17) is 9.97 Å². The van der Waals surface area contributed by atoms with Gasteiger partial charge in [-0.15, -0.1) is 0 Å². The predicted molar refractivity (Wildman–Crippen MR) is 130 cm³/mol. The number of benzene rings is 2. The maximum Gasteiger partial charge on any atom is 0.143 e. The van der Waals surface area contributed by atoms with Crippen LogP contribution < -0.4 is 0 Å². The summed E-state index contributed by atoms with van der Waals surface area (Å²) < 4.78 is 1.92. The quantitative estimate of drug-likeness (QED) is 0.445. The lowest BCUT2D eigenvalue weighted by Crippen LogP contribution is -2.33. The van der Waals surface area contributed by atoms with Gasteiger partial charge in [-0.1, -0.05) is 36.4 Å². The smallest absolute Gasteiger partial charge is 0.143 e. The van der Waals surface area contributed by atoms with E-state index in [1.807, 2.05) is 30.1 Å². The number of aromatic amines is 1. The van der Waals surface area contributed by atoms with Crippen LogP contribution in [0.4, 0.5) is 0 Å². The lowest BCUT2D eigenvalue weighted by molar-refractivity contribution is 0.199. The number of aryl methyl sites for hydroxylation is 2. The zero-order valence-corrected chi connectivity index (χ0v) is 19.0. The van der Waals surface area contributed by atoms with Crippen molar-refractivity contribution in [3.05, 3.63) is 71.9 Å². The number of hydrogen-bond acceptors (Lipinski definition) is 5. The van der Waals surface area contributed by atoms with Gasteiger partial charge in [0.2, 0.25) is 0 Å². The molecule has 0 spiro atoms. The van der Waals surface area contributed by atoms with E-state index in [1.54, 1.807) is 0 Å². The highest BCUT2D eigenvalue weighted by atomic mass is 15.3. The van der Waals surface area contributed by atoms with Crippen molar-refractivity contribution in [2.24, 2.45) is 7.05 Å². The summed E-state index contributed by atoms with van der Waals surface area (Å²) in [4.78, 5) is 12.0. The van der Waals surface area contributed by atoms with Gasteiger partial charge < -0.3 is 0 Å². The average Bonchev–Trinajstić information content (AvgIpc) is 3.47. The van der Waals surface area contributed by atoms with Gasteiger partial charge in [0.1, 0.15) is 5.82 Å². The van der Waals surface area contributed by atoms with Crippen LogP contribution in [0, 0.1) is 6.92 Å². The molecule has 5 aromatic rings. The van der Waals surface area contributed by atoms with Crippen LogP contribution in [-0.4, -0.2) is 47.9 Å². The molecule has 4 heterocycles. The van der Waals surface area contributed by atoms with Crippen LogP contribution in [-0.2, 0) is 13.6 Å². The van der Waals surface area contributed by atoms with Gasteiger partial charge in [0.15, 0.2) is 0 Å². The van der Waals surface area contributed by atoms with E-state index in [-0.39, 0.29) is 0 Å². The molecule has 0 saturated carbocycles. The predicted octanol–water partition coefficient (Wildman–Crippen LogP) is 4.59. The maximum absolute atomic E-state index is 4.80. The summed E-state index contributed by atoms with van der Waals surface area (Å²) in [6, 6.07) is 16.8. The van der Waals surface area contributed by atoms with Crippen molar-refractivity contribution in [2.75, 3.05) is 13.1 Å². The number of fused-ring (bicyclic) bond motifs is 2. The van der Waals surface area contributed by atoms with E-state index < -0.39 is 0 Å². The van der Waals surface area contributed by atoms with Crippen molar-refractivity contribution in [1.82, 2.24) is 34.8 Å². The van der Waals surface area contributed by atoms with E-state index in [2.05, 4.69) is 63.5 Å². The fourth-order valence-corrected chi connectivity index (χ4v) is 5.09. The second kappa shape index (κ2) is 8.08. The Kier molecular flexibility index (Phi) is 4.91. The maximum atomic E-state index is 4.80.